The molecule has 1 heterocycles. The molecule has 0 aliphatic carbocycles. The number of nitrogens with one attached hydrogen (secondary N) is 1. The van der Waals surface area contributed by atoms with E-state index in [1.807, 2.05) is 13.8 Å². The molecule has 0 spiro atoms. The van der Waals surface area contributed by atoms with Gasteiger partial charge in [0.05, 0.1) is 0 Å². The van der Waals surface area contributed by atoms with Crippen LogP contribution in [0.25, 0.3) is 0 Å². The maximum atomic E-state index is 12.0. The summed E-state index contributed by atoms with van der Waals surface area (Å²) < 4.78 is 0. The van der Waals surface area contributed by atoms with Crippen molar-refractivity contribution in [2.45, 2.75) is 33.2 Å². The van der Waals surface area contributed by atoms with Crippen LogP contribution < -0.4 is 5.32 Å². The van der Waals surface area contributed by atoms with E-state index in [2.05, 4.69) is 18.8 Å². The fourth-order valence-electron chi connectivity index (χ4n) is 2.10. The van der Waals surface area contributed by atoms with E-state index in [1.165, 1.54) is 0 Å². The molecule has 1 N–H and O–H groups in total. The van der Waals surface area contributed by atoms with E-state index in [4.69, 9.17) is 0 Å². The highest BCUT2D eigenvalue weighted by molar-refractivity contribution is 6.35. The van der Waals surface area contributed by atoms with E-state index in [0.29, 0.717) is 26.2 Å². The molecule has 0 atom stereocenters. The number of nitrogens with zero attached hydrogens (tertiary/aromatic N) is 2. The molecule has 5 heteroatoms. The van der Waals surface area contributed by atoms with Crippen molar-refractivity contribution in [1.29, 1.82) is 0 Å². The SMILES string of the molecule is C=C(CNCCC)CN1CCN(C(C)C)C(=O)C1=O. The lowest BCUT2D eigenvalue weighted by atomic mass is 10.2. The second-order valence-corrected chi connectivity index (χ2v) is 5.25. The van der Waals surface area contributed by atoms with Crippen LogP contribution in [0.1, 0.15) is 27.2 Å². The molecule has 19 heavy (non-hydrogen) atoms. The number of hydrogen-bond acceptors (Lipinski definition) is 3. The van der Waals surface area contributed by atoms with E-state index in [9.17, 15) is 9.59 Å². The number of hydrogen-bond donors (Lipinski definition) is 1. The Labute approximate surface area is 115 Å². The molecule has 1 saturated heterocycles. The van der Waals surface area contributed by atoms with Gasteiger partial charge in [-0.05, 0) is 32.4 Å². The van der Waals surface area contributed by atoms with Crippen molar-refractivity contribution < 1.29 is 9.59 Å². The van der Waals surface area contributed by atoms with Gasteiger partial charge in [0, 0.05) is 32.2 Å². The van der Waals surface area contributed by atoms with Crippen LogP contribution >= 0.6 is 0 Å². The number of amides is 2. The van der Waals surface area contributed by atoms with Gasteiger partial charge in [0.15, 0.2) is 0 Å². The van der Waals surface area contributed by atoms with Gasteiger partial charge in [0.2, 0.25) is 0 Å². The van der Waals surface area contributed by atoms with Gasteiger partial charge in [-0.1, -0.05) is 13.5 Å². The third-order valence-corrected chi connectivity index (χ3v) is 3.18. The fraction of sp³-hybridized carbons (Fsp3) is 0.714. The first-order valence-electron chi connectivity index (χ1n) is 6.94. The van der Waals surface area contributed by atoms with Crippen LogP contribution in [-0.4, -0.2) is 60.4 Å². The van der Waals surface area contributed by atoms with E-state index < -0.39 is 11.8 Å². The first-order valence-corrected chi connectivity index (χ1v) is 6.94. The standard InChI is InChI=1S/C14H25N3O2/c1-5-6-15-9-12(4)10-16-7-8-17(11(2)3)14(19)13(16)18/h11,15H,4-10H2,1-3H3. The van der Waals surface area contributed by atoms with Gasteiger partial charge in [0.25, 0.3) is 0 Å². The Morgan fingerprint density at radius 3 is 2.58 bits per heavy atom. The number of carbonyl (C=O) groups is 2. The van der Waals surface area contributed by atoms with Crippen molar-refractivity contribution in [2.75, 3.05) is 32.7 Å². The van der Waals surface area contributed by atoms with Crippen LogP contribution in [-0.2, 0) is 9.59 Å². The van der Waals surface area contributed by atoms with Gasteiger partial charge in [-0.15, -0.1) is 0 Å². The van der Waals surface area contributed by atoms with E-state index in [0.717, 1.165) is 18.5 Å². The Morgan fingerprint density at radius 1 is 1.32 bits per heavy atom. The van der Waals surface area contributed by atoms with Crippen LogP contribution in [0.3, 0.4) is 0 Å². The zero-order valence-corrected chi connectivity index (χ0v) is 12.2. The van der Waals surface area contributed by atoms with Gasteiger partial charge in [-0.2, -0.15) is 0 Å². The lowest BCUT2D eigenvalue weighted by molar-refractivity contribution is -0.156. The molecule has 5 nitrogen and oxygen atoms in total. The quantitative estimate of drug-likeness (QED) is 0.418. The maximum Gasteiger partial charge on any atom is 0.312 e. The molecule has 0 aromatic rings. The van der Waals surface area contributed by atoms with Crippen LogP contribution in [0.5, 0.6) is 0 Å². The molecule has 1 aliphatic heterocycles. The molecular weight excluding hydrogens is 242 g/mol. The second-order valence-electron chi connectivity index (χ2n) is 5.25. The normalized spacial score (nSPS) is 16.4. The summed E-state index contributed by atoms with van der Waals surface area (Å²) in [4.78, 5) is 27.1. The lowest BCUT2D eigenvalue weighted by Crippen LogP contribution is -2.56. The number of piperazine rings is 1. The Kier molecular flexibility index (Phi) is 6.02. The number of carbonyl (C=O) groups excluding carboxylic acids is 2. The molecular formula is C14H25N3O2. The highest BCUT2D eigenvalue weighted by Crippen LogP contribution is 2.10. The van der Waals surface area contributed by atoms with Crippen molar-refractivity contribution in [1.82, 2.24) is 15.1 Å². The van der Waals surface area contributed by atoms with Crippen LogP contribution in [0.15, 0.2) is 12.2 Å². The van der Waals surface area contributed by atoms with Gasteiger partial charge in [-0.25, -0.2) is 0 Å². The average Bonchev–Trinajstić information content (AvgIpc) is 2.35. The first kappa shape index (κ1) is 15.7. The molecule has 1 fully saturated rings. The zero-order chi connectivity index (χ0) is 14.4. The van der Waals surface area contributed by atoms with Crippen molar-refractivity contribution in [3.8, 4) is 0 Å². The average molecular weight is 267 g/mol. The highest BCUT2D eigenvalue weighted by atomic mass is 16.2. The topological polar surface area (TPSA) is 52.6 Å². The second kappa shape index (κ2) is 7.28. The summed E-state index contributed by atoms with van der Waals surface area (Å²) in [5.74, 6) is -0.799. The summed E-state index contributed by atoms with van der Waals surface area (Å²) in [6.07, 6.45) is 1.07. The largest absolute Gasteiger partial charge is 0.330 e. The van der Waals surface area contributed by atoms with Crippen molar-refractivity contribution in [3.05, 3.63) is 12.2 Å². The van der Waals surface area contributed by atoms with E-state index in [1.54, 1.807) is 9.80 Å². The molecule has 0 bridgehead atoms. The predicted octanol–water partition coefficient (Wildman–Crippen LogP) is 0.621. The van der Waals surface area contributed by atoms with Gasteiger partial charge in [-0.3, -0.25) is 9.59 Å². The van der Waals surface area contributed by atoms with Crippen molar-refractivity contribution in [2.24, 2.45) is 0 Å². The summed E-state index contributed by atoms with van der Waals surface area (Å²) in [5.41, 5.74) is 0.938. The Bertz CT molecular complexity index is 353. The Balaban J connectivity index is 2.46. The van der Waals surface area contributed by atoms with E-state index >= 15 is 0 Å². The van der Waals surface area contributed by atoms with Gasteiger partial charge < -0.3 is 15.1 Å². The maximum absolute atomic E-state index is 12.0. The molecule has 0 aromatic carbocycles. The fourth-order valence-corrected chi connectivity index (χ4v) is 2.10. The van der Waals surface area contributed by atoms with Crippen LogP contribution in [0.2, 0.25) is 0 Å². The highest BCUT2D eigenvalue weighted by Gasteiger charge is 2.33. The zero-order valence-electron chi connectivity index (χ0n) is 12.2. The Morgan fingerprint density at radius 2 is 2.00 bits per heavy atom. The molecule has 108 valence electrons. The van der Waals surface area contributed by atoms with Gasteiger partial charge >= 0.3 is 11.8 Å². The summed E-state index contributed by atoms with van der Waals surface area (Å²) in [6.45, 7) is 13.2. The lowest BCUT2D eigenvalue weighted by Gasteiger charge is -2.36. The van der Waals surface area contributed by atoms with Crippen LogP contribution in [0.4, 0.5) is 0 Å². The minimum atomic E-state index is -0.406. The third kappa shape index (κ3) is 4.35. The summed E-state index contributed by atoms with van der Waals surface area (Å²) in [7, 11) is 0. The predicted molar refractivity (Wildman–Crippen MR) is 75.7 cm³/mol. The molecule has 0 saturated carbocycles. The van der Waals surface area contributed by atoms with Crippen molar-refractivity contribution >= 4 is 11.8 Å². The molecule has 0 unspecified atom stereocenters. The molecule has 1 rings (SSSR count). The van der Waals surface area contributed by atoms with Crippen molar-refractivity contribution in [3.63, 3.8) is 0 Å². The molecule has 2 amide bonds. The first-order chi connectivity index (χ1) is 8.97. The Hall–Kier alpha value is -1.36. The summed E-state index contributed by atoms with van der Waals surface area (Å²) >= 11 is 0. The minimum Gasteiger partial charge on any atom is -0.330 e. The van der Waals surface area contributed by atoms with Gasteiger partial charge in [0.1, 0.15) is 0 Å². The summed E-state index contributed by atoms with van der Waals surface area (Å²) in [6, 6.07) is 0.0769. The summed E-state index contributed by atoms with van der Waals surface area (Å²) in [5, 5.41) is 3.24. The molecule has 0 radical (unpaired) electrons. The third-order valence-electron chi connectivity index (χ3n) is 3.18. The monoisotopic (exact) mass is 267 g/mol. The van der Waals surface area contributed by atoms with Crippen LogP contribution in [0, 0.1) is 0 Å². The molecule has 1 aliphatic rings. The van der Waals surface area contributed by atoms with E-state index in [-0.39, 0.29) is 6.04 Å². The molecule has 0 aromatic heterocycles. The number of rotatable bonds is 7. The smallest absolute Gasteiger partial charge is 0.312 e. The minimum absolute atomic E-state index is 0.0769.